The molecule has 37 heavy (non-hydrogen) atoms. The normalized spacial score (nSPS) is 14.4. The molecule has 3 amide bonds. The van der Waals surface area contributed by atoms with Crippen molar-refractivity contribution in [3.05, 3.63) is 78.2 Å². The molecule has 0 spiro atoms. The zero-order valence-corrected chi connectivity index (χ0v) is 20.6. The van der Waals surface area contributed by atoms with E-state index in [9.17, 15) is 9.59 Å². The highest BCUT2D eigenvalue weighted by molar-refractivity contribution is 6.12. The van der Waals surface area contributed by atoms with Crippen molar-refractivity contribution in [3.8, 4) is 34.4 Å². The van der Waals surface area contributed by atoms with Crippen molar-refractivity contribution in [1.29, 1.82) is 5.26 Å². The number of carbonyl (C=O) groups excluding carboxylic acids is 2. The lowest BCUT2D eigenvalue weighted by atomic mass is 10.1. The van der Waals surface area contributed by atoms with Crippen LogP contribution in [0.2, 0.25) is 0 Å². The van der Waals surface area contributed by atoms with Gasteiger partial charge in [-0.05, 0) is 61.6 Å². The van der Waals surface area contributed by atoms with Crippen LogP contribution in [0.15, 0.2) is 67.1 Å². The maximum absolute atomic E-state index is 13.1. The number of benzene rings is 2. The van der Waals surface area contributed by atoms with Gasteiger partial charge in [0.15, 0.2) is 5.82 Å². The molecule has 2 aliphatic rings. The molecule has 184 valence electrons. The molecule has 4 aromatic rings. The summed E-state index contributed by atoms with van der Waals surface area (Å²) in [5, 5.41) is 9.12. The van der Waals surface area contributed by atoms with Crippen molar-refractivity contribution in [2.45, 2.75) is 6.54 Å². The molecular weight excluding hydrogens is 466 g/mol. The van der Waals surface area contributed by atoms with Crippen molar-refractivity contribution in [2.24, 2.45) is 0 Å². The molecule has 0 saturated carbocycles. The van der Waals surface area contributed by atoms with Gasteiger partial charge < -0.3 is 9.47 Å². The summed E-state index contributed by atoms with van der Waals surface area (Å²) in [6, 6.07) is 17.4. The number of fused-ring (bicyclic) bond motifs is 5. The first-order valence-electron chi connectivity index (χ1n) is 12.1. The summed E-state index contributed by atoms with van der Waals surface area (Å²) in [5.74, 6) is 0.645. The summed E-state index contributed by atoms with van der Waals surface area (Å²) in [6.45, 7) is 1.61. The summed E-state index contributed by atoms with van der Waals surface area (Å²) >= 11 is 0. The monoisotopic (exact) mass is 491 g/mol. The molecule has 9 heteroatoms. The van der Waals surface area contributed by atoms with Crippen LogP contribution in [0.3, 0.4) is 0 Å². The average molecular weight is 492 g/mol. The number of imide groups is 1. The van der Waals surface area contributed by atoms with E-state index in [1.807, 2.05) is 67.7 Å². The smallest absolute Gasteiger partial charge is 0.331 e. The first-order valence-corrected chi connectivity index (χ1v) is 12.1. The second-order valence-electron chi connectivity index (χ2n) is 9.58. The maximum atomic E-state index is 13.1. The van der Waals surface area contributed by atoms with Crippen LogP contribution < -0.4 is 4.90 Å². The summed E-state index contributed by atoms with van der Waals surface area (Å²) in [6.07, 6.45) is 5.80. The van der Waals surface area contributed by atoms with Crippen LogP contribution >= 0.6 is 0 Å². The highest BCUT2D eigenvalue weighted by Crippen LogP contribution is 2.35. The topological polar surface area (TPSA) is 90.4 Å². The van der Waals surface area contributed by atoms with Gasteiger partial charge in [-0.15, -0.1) is 0 Å². The van der Waals surface area contributed by atoms with Gasteiger partial charge >= 0.3 is 6.03 Å². The largest absolute Gasteiger partial charge is 0.340 e. The van der Waals surface area contributed by atoms with Crippen LogP contribution in [0.4, 0.5) is 10.5 Å². The van der Waals surface area contributed by atoms with E-state index in [2.05, 4.69) is 32.5 Å². The number of imidazole rings is 1. The van der Waals surface area contributed by atoms with Gasteiger partial charge in [-0.2, -0.15) is 5.26 Å². The lowest BCUT2D eigenvalue weighted by molar-refractivity contribution is -0.124. The van der Waals surface area contributed by atoms with Crippen molar-refractivity contribution in [3.63, 3.8) is 0 Å². The molecular formula is C28H25N7O2. The van der Waals surface area contributed by atoms with E-state index in [-0.39, 0.29) is 18.5 Å². The zero-order chi connectivity index (χ0) is 25.7. The minimum absolute atomic E-state index is 0.0407. The van der Waals surface area contributed by atoms with Gasteiger partial charge in [0.25, 0.3) is 5.91 Å². The highest BCUT2D eigenvalue weighted by Gasteiger charge is 2.37. The molecule has 0 N–H and O–H groups in total. The van der Waals surface area contributed by atoms with E-state index in [0.29, 0.717) is 30.9 Å². The number of rotatable bonds is 5. The SMILES string of the molecule is CN(C)CCN1C(=O)CN(c2ccc3c(c2)Cn2cc(-c4ccc(C#N)cc4)cc2-c2nccn2-3)C1=O. The molecule has 0 aliphatic carbocycles. The minimum atomic E-state index is -0.284. The zero-order valence-electron chi connectivity index (χ0n) is 20.6. The minimum Gasteiger partial charge on any atom is -0.340 e. The Hall–Kier alpha value is -4.68. The molecule has 0 bridgehead atoms. The fourth-order valence-corrected chi connectivity index (χ4v) is 4.96. The summed E-state index contributed by atoms with van der Waals surface area (Å²) in [7, 11) is 3.84. The first-order chi connectivity index (χ1) is 17.9. The molecule has 2 aromatic carbocycles. The maximum Gasteiger partial charge on any atom is 0.331 e. The number of carbonyl (C=O) groups is 2. The number of nitriles is 1. The second-order valence-corrected chi connectivity index (χ2v) is 9.58. The van der Waals surface area contributed by atoms with Crippen molar-refractivity contribution < 1.29 is 9.59 Å². The first kappa shape index (κ1) is 22.8. The molecule has 0 radical (unpaired) electrons. The average Bonchev–Trinajstić information content (AvgIpc) is 3.59. The van der Waals surface area contributed by atoms with Crippen LogP contribution in [-0.4, -0.2) is 69.6 Å². The van der Waals surface area contributed by atoms with Crippen LogP contribution in [0, 0.1) is 11.3 Å². The number of hydrogen-bond acceptors (Lipinski definition) is 5. The molecule has 9 nitrogen and oxygen atoms in total. The van der Waals surface area contributed by atoms with Crippen molar-refractivity contribution in [1.82, 2.24) is 23.9 Å². The van der Waals surface area contributed by atoms with E-state index in [4.69, 9.17) is 5.26 Å². The number of urea groups is 1. The predicted octanol–water partition coefficient (Wildman–Crippen LogP) is 3.57. The van der Waals surface area contributed by atoms with E-state index in [1.54, 1.807) is 11.1 Å². The van der Waals surface area contributed by atoms with E-state index in [1.165, 1.54) is 4.90 Å². The van der Waals surface area contributed by atoms with Gasteiger partial charge in [-0.25, -0.2) is 9.78 Å². The van der Waals surface area contributed by atoms with Crippen molar-refractivity contribution in [2.75, 3.05) is 38.6 Å². The van der Waals surface area contributed by atoms with Crippen LogP contribution in [0.25, 0.3) is 28.3 Å². The Kier molecular flexibility index (Phi) is 5.39. The molecule has 0 atom stereocenters. The van der Waals surface area contributed by atoms with Crippen LogP contribution in [0.1, 0.15) is 11.1 Å². The molecule has 1 fully saturated rings. The molecule has 2 aromatic heterocycles. The highest BCUT2D eigenvalue weighted by atomic mass is 16.2. The summed E-state index contributed by atoms with van der Waals surface area (Å²) in [5.41, 5.74) is 6.36. The third kappa shape index (κ3) is 3.88. The molecule has 0 unspecified atom stereocenters. The van der Waals surface area contributed by atoms with E-state index < -0.39 is 0 Å². The van der Waals surface area contributed by atoms with Gasteiger partial charge in [0, 0.05) is 49.5 Å². The quantitative estimate of drug-likeness (QED) is 0.351. The Morgan fingerprint density at radius 3 is 2.59 bits per heavy atom. The lowest BCUT2D eigenvalue weighted by Gasteiger charge is -2.20. The van der Waals surface area contributed by atoms with Gasteiger partial charge in [0.05, 0.1) is 23.0 Å². The number of anilines is 1. The standard InChI is InChI=1S/C28H25N7O2/c1-31(2)11-12-34-26(36)18-35(28(34)37)23-7-8-24-22(13-23)17-32-16-21(20-5-3-19(15-29)4-6-20)14-25(32)27-30-9-10-33(24)27/h3-10,13-14,16H,11-12,17-18H2,1-2H3. The molecule has 2 aliphatic heterocycles. The number of nitrogens with zero attached hydrogens (tertiary/aromatic N) is 7. The number of amides is 3. The van der Waals surface area contributed by atoms with Gasteiger partial charge in [-0.1, -0.05) is 12.1 Å². The Labute approximate surface area is 214 Å². The number of aromatic nitrogens is 3. The number of likely N-dealkylation sites (N-methyl/N-ethyl adjacent to an activating group) is 1. The molecule has 1 saturated heterocycles. The second kappa shape index (κ2) is 8.76. The lowest BCUT2D eigenvalue weighted by Crippen LogP contribution is -2.37. The van der Waals surface area contributed by atoms with Gasteiger partial charge in [0.2, 0.25) is 0 Å². The van der Waals surface area contributed by atoms with E-state index >= 15 is 0 Å². The molecule has 6 rings (SSSR count). The Bertz CT molecular complexity index is 1570. The Morgan fingerprint density at radius 1 is 1.03 bits per heavy atom. The third-order valence-corrected chi connectivity index (χ3v) is 6.92. The van der Waals surface area contributed by atoms with Gasteiger partial charge in [0.1, 0.15) is 6.54 Å². The summed E-state index contributed by atoms with van der Waals surface area (Å²) < 4.78 is 4.21. The Morgan fingerprint density at radius 2 is 1.84 bits per heavy atom. The number of hydrogen-bond donors (Lipinski definition) is 0. The Balaban J connectivity index is 1.36. The van der Waals surface area contributed by atoms with Crippen molar-refractivity contribution >= 4 is 17.6 Å². The fraction of sp³-hybridized carbons (Fsp3) is 0.214. The third-order valence-electron chi connectivity index (χ3n) is 6.92. The predicted molar refractivity (Wildman–Crippen MR) is 139 cm³/mol. The molecule has 4 heterocycles. The van der Waals surface area contributed by atoms with Crippen LogP contribution in [0.5, 0.6) is 0 Å². The van der Waals surface area contributed by atoms with Crippen LogP contribution in [-0.2, 0) is 11.3 Å². The van der Waals surface area contributed by atoms with Gasteiger partial charge in [-0.3, -0.25) is 19.2 Å². The fourth-order valence-electron chi connectivity index (χ4n) is 4.96. The summed E-state index contributed by atoms with van der Waals surface area (Å²) in [4.78, 5) is 35.2. The van der Waals surface area contributed by atoms with E-state index in [0.717, 1.165) is 33.9 Å².